The van der Waals surface area contributed by atoms with Gasteiger partial charge < -0.3 is 9.47 Å². The SMILES string of the molecule is c1ccc(-c2ccccc2CN(c2ccc3c(c2)C2(c4ccccc4Sc4ccccc42)c2ccc4ccccc4c2-3)c2ccc3c(c2)c2ccccc2n3-c2ccccc2)cc1. The fraction of sp³-hybridized carbons (Fsp3) is 0.0333. The number of aromatic nitrogens is 1. The van der Waals surface area contributed by atoms with Crippen molar-refractivity contribution < 1.29 is 0 Å². The van der Waals surface area contributed by atoms with Gasteiger partial charge in [0.05, 0.1) is 16.4 Å². The van der Waals surface area contributed by atoms with Crippen molar-refractivity contribution in [2.24, 2.45) is 0 Å². The van der Waals surface area contributed by atoms with Crippen LogP contribution in [0.15, 0.2) is 240 Å². The molecule has 2 nitrogen and oxygen atoms in total. The second-order valence-electron chi connectivity index (χ2n) is 16.8. The normalized spacial score (nSPS) is 13.2. The third-order valence-electron chi connectivity index (χ3n) is 13.5. The maximum absolute atomic E-state index is 2.56. The van der Waals surface area contributed by atoms with Gasteiger partial charge in [0.1, 0.15) is 0 Å². The lowest BCUT2D eigenvalue weighted by Gasteiger charge is -2.40. The molecule has 0 bridgehead atoms. The van der Waals surface area contributed by atoms with Gasteiger partial charge in [-0.3, -0.25) is 0 Å². The van der Waals surface area contributed by atoms with Crippen LogP contribution in [0.4, 0.5) is 11.4 Å². The molecule has 296 valence electrons. The van der Waals surface area contributed by atoms with Gasteiger partial charge >= 0.3 is 0 Å². The van der Waals surface area contributed by atoms with Crippen LogP contribution >= 0.6 is 11.8 Å². The Labute approximate surface area is 371 Å². The summed E-state index contributed by atoms with van der Waals surface area (Å²) in [4.78, 5) is 5.17. The summed E-state index contributed by atoms with van der Waals surface area (Å²) in [5.74, 6) is 0. The topological polar surface area (TPSA) is 8.17 Å². The van der Waals surface area contributed by atoms with Crippen LogP contribution in [-0.4, -0.2) is 4.57 Å². The van der Waals surface area contributed by atoms with Crippen molar-refractivity contribution in [1.82, 2.24) is 4.57 Å². The zero-order valence-corrected chi connectivity index (χ0v) is 35.3. The molecule has 3 heteroatoms. The van der Waals surface area contributed by atoms with Crippen LogP contribution in [0.1, 0.15) is 27.8 Å². The van der Waals surface area contributed by atoms with Crippen molar-refractivity contribution in [2.75, 3.05) is 4.90 Å². The molecule has 63 heavy (non-hydrogen) atoms. The molecule has 11 aromatic rings. The summed E-state index contributed by atoms with van der Waals surface area (Å²) in [7, 11) is 0. The average molecular weight is 821 g/mol. The number of para-hydroxylation sites is 2. The molecule has 1 spiro atoms. The van der Waals surface area contributed by atoms with E-state index in [1.807, 2.05) is 11.8 Å². The predicted octanol–water partition coefficient (Wildman–Crippen LogP) is 15.8. The van der Waals surface area contributed by atoms with Gasteiger partial charge in [-0.2, -0.15) is 0 Å². The number of benzene rings is 10. The zero-order valence-electron chi connectivity index (χ0n) is 34.4. The molecule has 0 amide bonds. The van der Waals surface area contributed by atoms with Crippen molar-refractivity contribution in [1.29, 1.82) is 0 Å². The van der Waals surface area contributed by atoms with Crippen molar-refractivity contribution in [2.45, 2.75) is 21.8 Å². The quantitative estimate of drug-likeness (QED) is 0.165. The molecule has 2 heterocycles. The van der Waals surface area contributed by atoms with Gasteiger partial charge in [0, 0.05) is 44.2 Å². The van der Waals surface area contributed by atoms with Gasteiger partial charge in [-0.05, 0) is 122 Å². The molecule has 2 aliphatic rings. The van der Waals surface area contributed by atoms with Crippen LogP contribution in [-0.2, 0) is 12.0 Å². The highest BCUT2D eigenvalue weighted by Crippen LogP contribution is 2.63. The average Bonchev–Trinajstić information content (AvgIpc) is 3.84. The Morgan fingerprint density at radius 3 is 1.84 bits per heavy atom. The zero-order chi connectivity index (χ0) is 41.5. The van der Waals surface area contributed by atoms with E-state index in [0.29, 0.717) is 6.54 Å². The number of rotatable bonds is 6. The first kappa shape index (κ1) is 36.1. The minimum absolute atomic E-state index is 0.510. The smallest absolute Gasteiger partial charge is 0.0736 e. The summed E-state index contributed by atoms with van der Waals surface area (Å²) in [5.41, 5.74) is 17.1. The molecule has 1 aliphatic carbocycles. The van der Waals surface area contributed by atoms with Crippen LogP contribution in [0.5, 0.6) is 0 Å². The van der Waals surface area contributed by atoms with Crippen LogP contribution in [0, 0.1) is 0 Å². The third-order valence-corrected chi connectivity index (χ3v) is 14.7. The molecule has 13 rings (SSSR count). The lowest BCUT2D eigenvalue weighted by molar-refractivity contribution is 0.722. The van der Waals surface area contributed by atoms with E-state index in [9.17, 15) is 0 Å². The minimum Gasteiger partial charge on any atom is -0.337 e. The highest BCUT2D eigenvalue weighted by molar-refractivity contribution is 7.99. The Bertz CT molecular complexity index is 3540. The molecule has 0 saturated carbocycles. The maximum atomic E-state index is 2.56. The molecule has 0 unspecified atom stereocenters. The van der Waals surface area contributed by atoms with E-state index in [2.05, 4.69) is 240 Å². The van der Waals surface area contributed by atoms with E-state index < -0.39 is 5.41 Å². The Morgan fingerprint density at radius 1 is 0.413 bits per heavy atom. The van der Waals surface area contributed by atoms with E-state index in [1.54, 1.807) is 0 Å². The third kappa shape index (κ3) is 5.40. The number of hydrogen-bond donors (Lipinski definition) is 0. The van der Waals surface area contributed by atoms with Gasteiger partial charge in [0.25, 0.3) is 0 Å². The van der Waals surface area contributed by atoms with Crippen LogP contribution in [0.2, 0.25) is 0 Å². The van der Waals surface area contributed by atoms with Crippen molar-refractivity contribution >= 4 is 55.7 Å². The van der Waals surface area contributed by atoms with Crippen LogP contribution < -0.4 is 4.90 Å². The predicted molar refractivity (Wildman–Crippen MR) is 264 cm³/mol. The number of nitrogens with zero attached hydrogens (tertiary/aromatic N) is 2. The van der Waals surface area contributed by atoms with Gasteiger partial charge in [-0.25, -0.2) is 0 Å². The second-order valence-corrected chi connectivity index (χ2v) is 17.9. The van der Waals surface area contributed by atoms with E-state index in [0.717, 1.165) is 17.1 Å². The van der Waals surface area contributed by atoms with Gasteiger partial charge in [0.15, 0.2) is 0 Å². The fourth-order valence-electron chi connectivity index (χ4n) is 10.9. The monoisotopic (exact) mass is 820 g/mol. The van der Waals surface area contributed by atoms with Crippen LogP contribution in [0.25, 0.3) is 60.5 Å². The van der Waals surface area contributed by atoms with Crippen LogP contribution in [0.3, 0.4) is 0 Å². The molecule has 0 N–H and O–H groups in total. The molecule has 0 radical (unpaired) electrons. The molecule has 0 atom stereocenters. The summed E-state index contributed by atoms with van der Waals surface area (Å²) >= 11 is 1.89. The van der Waals surface area contributed by atoms with Crippen molar-refractivity contribution in [3.63, 3.8) is 0 Å². The van der Waals surface area contributed by atoms with Crippen molar-refractivity contribution in [3.8, 4) is 27.9 Å². The first-order valence-corrected chi connectivity index (χ1v) is 22.6. The molecule has 0 fully saturated rings. The summed E-state index contributed by atoms with van der Waals surface area (Å²) < 4.78 is 2.40. The highest BCUT2D eigenvalue weighted by atomic mass is 32.2. The Kier molecular flexibility index (Phi) is 8.16. The minimum atomic E-state index is -0.510. The van der Waals surface area contributed by atoms with Gasteiger partial charge in [-0.1, -0.05) is 182 Å². The van der Waals surface area contributed by atoms with E-state index in [1.165, 1.54) is 92.4 Å². The number of hydrogen-bond acceptors (Lipinski definition) is 2. The Balaban J connectivity index is 1.09. The molecule has 10 aromatic carbocycles. The Hall–Kier alpha value is -7.59. The summed E-state index contributed by atoms with van der Waals surface area (Å²) in [6.45, 7) is 0.679. The largest absolute Gasteiger partial charge is 0.337 e. The highest BCUT2D eigenvalue weighted by Gasteiger charge is 2.50. The molecule has 0 saturated heterocycles. The maximum Gasteiger partial charge on any atom is 0.0736 e. The fourth-order valence-corrected chi connectivity index (χ4v) is 12.1. The van der Waals surface area contributed by atoms with E-state index >= 15 is 0 Å². The standard InChI is InChI=1S/C60H40N2S/c1-3-17-40(18-4-1)46-23-9-8-20-42(46)39-61(44-33-36-56-50(37-44)48-25-11-14-28-55(48)62(56)43-21-5-2-6-22-43)45-32-34-49-54(38-45)60(53-35-31-41-19-7-10-24-47(41)59(49)53)51-26-12-15-29-57(51)63-58-30-16-13-27-52(58)60/h1-38H,39H2. The molecule has 1 aromatic heterocycles. The second kappa shape index (κ2) is 14.2. The molecule has 1 aliphatic heterocycles. The summed E-state index contributed by atoms with van der Waals surface area (Å²) in [5, 5.41) is 5.03. The van der Waals surface area contributed by atoms with Gasteiger partial charge in [0.2, 0.25) is 0 Å². The van der Waals surface area contributed by atoms with Gasteiger partial charge in [-0.15, -0.1) is 0 Å². The lowest BCUT2D eigenvalue weighted by Crippen LogP contribution is -2.32. The first-order valence-electron chi connectivity index (χ1n) is 21.8. The number of anilines is 2. The lowest BCUT2D eigenvalue weighted by atomic mass is 9.67. The van der Waals surface area contributed by atoms with E-state index in [4.69, 9.17) is 0 Å². The van der Waals surface area contributed by atoms with Crippen molar-refractivity contribution in [3.05, 3.63) is 258 Å². The molecular weight excluding hydrogens is 781 g/mol. The summed E-state index contributed by atoms with van der Waals surface area (Å²) in [6, 6.07) is 85.6. The Morgan fingerprint density at radius 2 is 1.03 bits per heavy atom. The summed E-state index contributed by atoms with van der Waals surface area (Å²) in [6.07, 6.45) is 0. The number of fused-ring (bicyclic) bond motifs is 14. The molecular formula is C60H40N2S. The first-order chi connectivity index (χ1) is 31.3. The van der Waals surface area contributed by atoms with E-state index in [-0.39, 0.29) is 0 Å².